The topological polar surface area (TPSA) is 96.2 Å². The van der Waals surface area contributed by atoms with Crippen LogP contribution in [0.3, 0.4) is 0 Å². The Balaban J connectivity index is 1.38. The molecule has 3 aromatic rings. The Kier molecular flexibility index (Phi) is 4.68. The quantitative estimate of drug-likeness (QED) is 0.618. The number of nitrogens with two attached hydrogens (primary N) is 1. The number of rotatable bonds is 4. The Morgan fingerprint density at radius 3 is 2.59 bits per heavy atom. The molecular formula is C20H23N5O2. The lowest BCUT2D eigenvalue weighted by molar-refractivity contribution is -0.117. The summed E-state index contributed by atoms with van der Waals surface area (Å²) >= 11 is 0. The maximum atomic E-state index is 12.4. The summed E-state index contributed by atoms with van der Waals surface area (Å²) in [7, 11) is 0. The summed E-state index contributed by atoms with van der Waals surface area (Å²) in [5, 5.41) is 2.86. The van der Waals surface area contributed by atoms with Crippen LogP contribution < -0.4 is 16.7 Å². The van der Waals surface area contributed by atoms with E-state index in [2.05, 4.69) is 15.2 Å². The number of nitrogens with one attached hydrogen (secondary N) is 2. The third-order valence-corrected chi connectivity index (χ3v) is 5.15. The Labute approximate surface area is 156 Å². The van der Waals surface area contributed by atoms with Gasteiger partial charge in [-0.3, -0.25) is 14.3 Å². The SMILES string of the molecule is Nc1ccccc1NC(=O)CN1CCC(n2c(=O)[nH]c3ccccc32)CC1. The highest BCUT2D eigenvalue weighted by Crippen LogP contribution is 2.25. The van der Waals surface area contributed by atoms with Gasteiger partial charge < -0.3 is 16.0 Å². The van der Waals surface area contributed by atoms with Crippen molar-refractivity contribution in [3.05, 3.63) is 59.0 Å². The van der Waals surface area contributed by atoms with Gasteiger partial charge in [0.05, 0.1) is 29.0 Å². The van der Waals surface area contributed by atoms with E-state index < -0.39 is 0 Å². The Morgan fingerprint density at radius 1 is 1.11 bits per heavy atom. The predicted octanol–water partition coefficient (Wildman–Crippen LogP) is 2.19. The lowest BCUT2D eigenvalue weighted by Gasteiger charge is -2.32. The molecule has 1 saturated heterocycles. The van der Waals surface area contributed by atoms with E-state index in [1.807, 2.05) is 41.0 Å². The van der Waals surface area contributed by atoms with Gasteiger partial charge >= 0.3 is 5.69 Å². The van der Waals surface area contributed by atoms with Crippen LogP contribution in [-0.4, -0.2) is 40.0 Å². The molecule has 0 radical (unpaired) electrons. The van der Waals surface area contributed by atoms with E-state index in [9.17, 15) is 9.59 Å². The highest BCUT2D eigenvalue weighted by Gasteiger charge is 2.24. The fourth-order valence-corrected chi connectivity index (χ4v) is 3.78. The van der Waals surface area contributed by atoms with Gasteiger partial charge in [0.1, 0.15) is 0 Å². The molecule has 0 atom stereocenters. The van der Waals surface area contributed by atoms with E-state index in [1.165, 1.54) is 0 Å². The number of hydrogen-bond donors (Lipinski definition) is 3. The van der Waals surface area contributed by atoms with Crippen LogP contribution >= 0.6 is 0 Å². The second-order valence-corrected chi connectivity index (χ2v) is 6.96. The van der Waals surface area contributed by atoms with E-state index in [1.54, 1.807) is 12.1 Å². The molecular weight excluding hydrogens is 342 g/mol. The molecule has 140 valence electrons. The lowest BCUT2D eigenvalue weighted by atomic mass is 10.0. The zero-order chi connectivity index (χ0) is 18.8. The van der Waals surface area contributed by atoms with Crippen molar-refractivity contribution < 1.29 is 4.79 Å². The highest BCUT2D eigenvalue weighted by atomic mass is 16.2. The highest BCUT2D eigenvalue weighted by molar-refractivity contribution is 5.95. The second-order valence-electron chi connectivity index (χ2n) is 6.96. The minimum absolute atomic E-state index is 0.0630. The van der Waals surface area contributed by atoms with Crippen molar-refractivity contribution in [2.24, 2.45) is 0 Å². The molecule has 7 nitrogen and oxygen atoms in total. The number of amides is 1. The smallest absolute Gasteiger partial charge is 0.326 e. The molecule has 1 fully saturated rings. The van der Waals surface area contributed by atoms with Gasteiger partial charge in [-0.2, -0.15) is 0 Å². The number of carbonyl (C=O) groups is 1. The average molecular weight is 365 g/mol. The van der Waals surface area contributed by atoms with Crippen LogP contribution in [0.5, 0.6) is 0 Å². The number of aromatic amines is 1. The van der Waals surface area contributed by atoms with Crippen molar-refractivity contribution in [3.63, 3.8) is 0 Å². The first-order valence-electron chi connectivity index (χ1n) is 9.18. The minimum atomic E-state index is -0.0735. The monoisotopic (exact) mass is 365 g/mol. The number of nitrogen functional groups attached to an aromatic ring is 1. The number of likely N-dealkylation sites (tertiary alicyclic amines) is 1. The van der Waals surface area contributed by atoms with Crippen molar-refractivity contribution in [3.8, 4) is 0 Å². The van der Waals surface area contributed by atoms with Crippen molar-refractivity contribution in [2.45, 2.75) is 18.9 Å². The van der Waals surface area contributed by atoms with E-state index >= 15 is 0 Å². The van der Waals surface area contributed by atoms with Crippen LogP contribution in [0.4, 0.5) is 11.4 Å². The predicted molar refractivity (Wildman–Crippen MR) is 107 cm³/mol. The molecule has 1 aliphatic heterocycles. The largest absolute Gasteiger partial charge is 0.397 e. The first kappa shape index (κ1) is 17.4. The summed E-state index contributed by atoms with van der Waals surface area (Å²) in [5.74, 6) is -0.0735. The molecule has 7 heteroatoms. The molecule has 1 aliphatic rings. The van der Waals surface area contributed by atoms with Crippen LogP contribution in [-0.2, 0) is 4.79 Å². The molecule has 0 unspecified atom stereocenters. The number of benzene rings is 2. The van der Waals surface area contributed by atoms with E-state index in [-0.39, 0.29) is 17.6 Å². The zero-order valence-corrected chi connectivity index (χ0v) is 15.0. The van der Waals surface area contributed by atoms with E-state index in [0.717, 1.165) is 37.0 Å². The zero-order valence-electron chi connectivity index (χ0n) is 15.0. The van der Waals surface area contributed by atoms with Crippen LogP contribution in [0.2, 0.25) is 0 Å². The molecule has 2 heterocycles. The molecule has 0 spiro atoms. The molecule has 4 rings (SSSR count). The lowest BCUT2D eigenvalue weighted by Crippen LogP contribution is -2.41. The van der Waals surface area contributed by atoms with Gasteiger partial charge in [-0.1, -0.05) is 24.3 Å². The number of aromatic nitrogens is 2. The molecule has 1 aromatic heterocycles. The summed E-state index contributed by atoms with van der Waals surface area (Å²) < 4.78 is 1.86. The first-order chi connectivity index (χ1) is 13.1. The summed E-state index contributed by atoms with van der Waals surface area (Å²) in [4.78, 5) is 29.7. The van der Waals surface area contributed by atoms with Crippen molar-refractivity contribution in [1.82, 2.24) is 14.5 Å². The number of para-hydroxylation sites is 4. The maximum absolute atomic E-state index is 12.4. The van der Waals surface area contributed by atoms with Crippen LogP contribution in [0.15, 0.2) is 53.3 Å². The standard InChI is InChI=1S/C20H23N5O2/c21-15-5-1-2-6-16(15)22-19(26)13-24-11-9-14(10-12-24)25-18-8-4-3-7-17(18)23-20(25)27/h1-8,14H,9-13,21H2,(H,22,26)(H,23,27). The van der Waals surface area contributed by atoms with Gasteiger partial charge in [-0.05, 0) is 37.1 Å². The number of H-pyrrole nitrogens is 1. The van der Waals surface area contributed by atoms with Crippen molar-refractivity contribution in [1.29, 1.82) is 0 Å². The van der Waals surface area contributed by atoms with Crippen molar-refractivity contribution >= 4 is 28.3 Å². The van der Waals surface area contributed by atoms with Gasteiger partial charge in [0.2, 0.25) is 5.91 Å². The number of piperidine rings is 1. The Hall–Kier alpha value is -3.06. The summed E-state index contributed by atoms with van der Waals surface area (Å²) in [6, 6.07) is 15.1. The summed E-state index contributed by atoms with van der Waals surface area (Å²) in [5.41, 5.74) is 8.82. The van der Waals surface area contributed by atoms with E-state index in [4.69, 9.17) is 5.73 Å². The third-order valence-electron chi connectivity index (χ3n) is 5.15. The number of hydrogen-bond acceptors (Lipinski definition) is 4. The van der Waals surface area contributed by atoms with Gasteiger partial charge in [-0.25, -0.2) is 4.79 Å². The number of nitrogens with zero attached hydrogens (tertiary/aromatic N) is 2. The van der Waals surface area contributed by atoms with Crippen LogP contribution in [0.25, 0.3) is 11.0 Å². The number of fused-ring (bicyclic) bond motifs is 1. The summed E-state index contributed by atoms with van der Waals surface area (Å²) in [6.07, 6.45) is 1.67. The molecule has 2 aromatic carbocycles. The van der Waals surface area contributed by atoms with Crippen LogP contribution in [0.1, 0.15) is 18.9 Å². The third kappa shape index (κ3) is 3.59. The summed E-state index contributed by atoms with van der Waals surface area (Å²) in [6.45, 7) is 1.87. The van der Waals surface area contributed by atoms with E-state index in [0.29, 0.717) is 17.9 Å². The molecule has 1 amide bonds. The first-order valence-corrected chi connectivity index (χ1v) is 9.18. The van der Waals surface area contributed by atoms with Gasteiger partial charge in [0, 0.05) is 19.1 Å². The molecule has 0 saturated carbocycles. The maximum Gasteiger partial charge on any atom is 0.326 e. The molecule has 4 N–H and O–H groups in total. The minimum Gasteiger partial charge on any atom is -0.397 e. The second kappa shape index (κ2) is 7.28. The number of carbonyl (C=O) groups excluding carboxylic acids is 1. The number of anilines is 2. The average Bonchev–Trinajstić information content (AvgIpc) is 3.00. The molecule has 0 aliphatic carbocycles. The number of imidazole rings is 1. The van der Waals surface area contributed by atoms with Crippen LogP contribution in [0, 0.1) is 0 Å². The van der Waals surface area contributed by atoms with Gasteiger partial charge in [0.25, 0.3) is 0 Å². The van der Waals surface area contributed by atoms with Crippen molar-refractivity contribution in [2.75, 3.05) is 30.7 Å². The van der Waals surface area contributed by atoms with Gasteiger partial charge in [0.15, 0.2) is 0 Å². The molecule has 27 heavy (non-hydrogen) atoms. The fourth-order valence-electron chi connectivity index (χ4n) is 3.78. The normalized spacial score (nSPS) is 15.9. The Morgan fingerprint density at radius 2 is 1.81 bits per heavy atom. The van der Waals surface area contributed by atoms with Gasteiger partial charge in [-0.15, -0.1) is 0 Å². The molecule has 0 bridgehead atoms. The Bertz CT molecular complexity index is 1010. The fraction of sp³-hybridized carbons (Fsp3) is 0.300.